The zero-order chi connectivity index (χ0) is 8.27. The molecule has 0 unspecified atom stereocenters. The van der Waals surface area contributed by atoms with E-state index in [1.807, 2.05) is 17.8 Å². The maximum atomic E-state index is 6.99. The van der Waals surface area contributed by atoms with Crippen LogP contribution in [0.1, 0.15) is 0 Å². The number of imidazole rings is 1. The Morgan fingerprint density at radius 1 is 1.91 bits per heavy atom. The van der Waals surface area contributed by atoms with E-state index in [1.54, 1.807) is 6.20 Å². The van der Waals surface area contributed by atoms with E-state index in [4.69, 9.17) is 11.1 Å². The Balaban J connectivity index is 2.51. The highest BCUT2D eigenvalue weighted by Gasteiger charge is 1.99. The lowest BCUT2D eigenvalue weighted by atomic mass is 10.7. The van der Waals surface area contributed by atoms with Crippen molar-refractivity contribution in [2.45, 2.75) is 5.16 Å². The fourth-order valence-electron chi connectivity index (χ4n) is 0.633. The average molecular weight is 170 g/mol. The smallest absolute Gasteiger partial charge is 0.168 e. The zero-order valence-corrected chi connectivity index (χ0v) is 7.06. The van der Waals surface area contributed by atoms with Crippen LogP contribution < -0.4 is 5.73 Å². The Hall–Kier alpha value is -0.970. The zero-order valence-electron chi connectivity index (χ0n) is 6.24. The van der Waals surface area contributed by atoms with Gasteiger partial charge in [0.15, 0.2) is 5.16 Å². The first-order valence-electron chi connectivity index (χ1n) is 3.13. The van der Waals surface area contributed by atoms with Crippen LogP contribution in [0.5, 0.6) is 0 Å². The first-order valence-corrected chi connectivity index (χ1v) is 4.11. The molecule has 0 saturated carbocycles. The third-order valence-electron chi connectivity index (χ3n) is 1.13. The number of aryl methyl sites for hydroxylation is 1. The summed E-state index contributed by atoms with van der Waals surface area (Å²) in [6.07, 6.45) is 3.59. The van der Waals surface area contributed by atoms with Crippen LogP contribution in [0.15, 0.2) is 17.6 Å². The Morgan fingerprint density at radius 2 is 2.64 bits per heavy atom. The molecule has 0 spiro atoms. The minimum atomic E-state index is 0.179. The topological polar surface area (TPSA) is 67.7 Å². The van der Waals surface area contributed by atoms with Crippen molar-refractivity contribution in [2.75, 3.05) is 5.75 Å². The molecule has 0 aliphatic heterocycles. The fourth-order valence-corrected chi connectivity index (χ4v) is 1.32. The van der Waals surface area contributed by atoms with E-state index < -0.39 is 0 Å². The fraction of sp³-hybridized carbons (Fsp3) is 0.333. The average Bonchev–Trinajstić information content (AvgIpc) is 2.31. The summed E-state index contributed by atoms with van der Waals surface area (Å²) >= 11 is 1.46. The van der Waals surface area contributed by atoms with Gasteiger partial charge in [0.05, 0.1) is 5.75 Å². The van der Waals surface area contributed by atoms with Gasteiger partial charge in [-0.25, -0.2) is 4.98 Å². The van der Waals surface area contributed by atoms with Crippen LogP contribution in [0.3, 0.4) is 0 Å². The minimum Gasteiger partial charge on any atom is -0.387 e. The van der Waals surface area contributed by atoms with Gasteiger partial charge in [-0.05, 0) is 0 Å². The third kappa shape index (κ3) is 2.27. The highest BCUT2D eigenvalue weighted by atomic mass is 32.2. The van der Waals surface area contributed by atoms with Gasteiger partial charge >= 0.3 is 0 Å². The van der Waals surface area contributed by atoms with Crippen molar-refractivity contribution < 1.29 is 0 Å². The molecule has 4 nitrogen and oxygen atoms in total. The number of amidine groups is 1. The van der Waals surface area contributed by atoms with E-state index in [9.17, 15) is 0 Å². The van der Waals surface area contributed by atoms with E-state index >= 15 is 0 Å². The number of nitrogens with zero attached hydrogens (tertiary/aromatic N) is 2. The molecule has 0 radical (unpaired) electrons. The van der Waals surface area contributed by atoms with E-state index in [-0.39, 0.29) is 5.84 Å². The number of hydrogen-bond donors (Lipinski definition) is 2. The van der Waals surface area contributed by atoms with Crippen molar-refractivity contribution in [1.82, 2.24) is 9.55 Å². The van der Waals surface area contributed by atoms with Crippen LogP contribution in [0.25, 0.3) is 0 Å². The quantitative estimate of drug-likeness (QED) is 0.393. The molecule has 0 aromatic carbocycles. The van der Waals surface area contributed by atoms with E-state index in [2.05, 4.69) is 4.98 Å². The predicted octanol–water partition coefficient (Wildman–Crippen LogP) is 0.448. The number of thioether (sulfide) groups is 1. The maximum Gasteiger partial charge on any atom is 0.168 e. The van der Waals surface area contributed by atoms with Gasteiger partial charge in [0.25, 0.3) is 0 Å². The molecule has 0 aliphatic rings. The van der Waals surface area contributed by atoms with Gasteiger partial charge in [0.1, 0.15) is 5.84 Å². The lowest BCUT2D eigenvalue weighted by Crippen LogP contribution is -2.12. The van der Waals surface area contributed by atoms with Crippen LogP contribution in [-0.2, 0) is 7.05 Å². The lowest BCUT2D eigenvalue weighted by molar-refractivity contribution is 0.791. The normalized spacial score (nSPS) is 9.91. The number of aromatic nitrogens is 2. The molecule has 60 valence electrons. The Morgan fingerprint density at radius 3 is 3.09 bits per heavy atom. The van der Waals surface area contributed by atoms with E-state index in [0.717, 1.165) is 5.16 Å². The van der Waals surface area contributed by atoms with Crippen molar-refractivity contribution in [3.63, 3.8) is 0 Å². The van der Waals surface area contributed by atoms with E-state index in [0.29, 0.717) is 5.75 Å². The molecular weight excluding hydrogens is 160 g/mol. The summed E-state index contributed by atoms with van der Waals surface area (Å²) < 4.78 is 1.90. The number of hydrogen-bond acceptors (Lipinski definition) is 3. The summed E-state index contributed by atoms with van der Waals surface area (Å²) in [5.41, 5.74) is 5.18. The van der Waals surface area contributed by atoms with Crippen LogP contribution in [0.2, 0.25) is 0 Å². The van der Waals surface area contributed by atoms with Gasteiger partial charge in [-0.15, -0.1) is 0 Å². The predicted molar refractivity (Wildman–Crippen MR) is 45.8 cm³/mol. The Kier molecular flexibility index (Phi) is 2.53. The van der Waals surface area contributed by atoms with Gasteiger partial charge in [-0.1, -0.05) is 11.8 Å². The standard InChI is InChI=1S/C6H10N4S/c1-10-3-2-9-6(10)11-4-5(7)8/h2-3H,4H2,1H3,(H3,7,8). The van der Waals surface area contributed by atoms with Crippen LogP contribution in [0.4, 0.5) is 0 Å². The van der Waals surface area contributed by atoms with Gasteiger partial charge in [-0.2, -0.15) is 0 Å². The molecule has 11 heavy (non-hydrogen) atoms. The molecule has 0 atom stereocenters. The first-order chi connectivity index (χ1) is 5.20. The molecule has 0 fully saturated rings. The van der Waals surface area contributed by atoms with Crippen molar-refractivity contribution in [1.29, 1.82) is 5.41 Å². The second kappa shape index (κ2) is 3.43. The SMILES string of the molecule is Cn1ccnc1SCC(=N)N. The monoisotopic (exact) mass is 170 g/mol. The van der Waals surface area contributed by atoms with Crippen molar-refractivity contribution >= 4 is 17.6 Å². The van der Waals surface area contributed by atoms with Crippen LogP contribution in [0, 0.1) is 5.41 Å². The molecule has 0 amide bonds. The summed E-state index contributed by atoms with van der Waals surface area (Å²) in [4.78, 5) is 4.06. The molecule has 0 saturated heterocycles. The molecular formula is C6H10N4S. The molecule has 1 rings (SSSR count). The summed E-state index contributed by atoms with van der Waals surface area (Å²) in [5.74, 6) is 0.684. The first kappa shape index (κ1) is 8.13. The van der Waals surface area contributed by atoms with Crippen LogP contribution >= 0.6 is 11.8 Å². The molecule has 5 heteroatoms. The largest absolute Gasteiger partial charge is 0.387 e. The molecule has 3 N–H and O–H groups in total. The summed E-state index contributed by atoms with van der Waals surface area (Å²) in [6, 6.07) is 0. The van der Waals surface area contributed by atoms with Gasteiger partial charge in [0, 0.05) is 19.4 Å². The van der Waals surface area contributed by atoms with Crippen molar-refractivity contribution in [3.05, 3.63) is 12.4 Å². The van der Waals surface area contributed by atoms with Gasteiger partial charge < -0.3 is 10.3 Å². The summed E-state index contributed by atoms with van der Waals surface area (Å²) in [7, 11) is 1.91. The minimum absolute atomic E-state index is 0.179. The van der Waals surface area contributed by atoms with Crippen molar-refractivity contribution in [2.24, 2.45) is 12.8 Å². The number of nitrogens with one attached hydrogen (secondary N) is 1. The van der Waals surface area contributed by atoms with Crippen molar-refractivity contribution in [3.8, 4) is 0 Å². The second-order valence-electron chi connectivity index (χ2n) is 2.13. The van der Waals surface area contributed by atoms with Gasteiger partial charge in [-0.3, -0.25) is 5.41 Å². The molecule has 1 heterocycles. The molecule has 0 aliphatic carbocycles. The maximum absolute atomic E-state index is 6.99. The Bertz CT molecular complexity index is 255. The number of nitrogens with two attached hydrogens (primary N) is 1. The molecule has 1 aromatic heterocycles. The lowest BCUT2D eigenvalue weighted by Gasteiger charge is -1.98. The van der Waals surface area contributed by atoms with Crippen LogP contribution in [-0.4, -0.2) is 21.1 Å². The summed E-state index contributed by atoms with van der Waals surface area (Å²) in [6.45, 7) is 0. The number of rotatable bonds is 3. The second-order valence-corrected chi connectivity index (χ2v) is 3.08. The third-order valence-corrected chi connectivity index (χ3v) is 2.24. The summed E-state index contributed by atoms with van der Waals surface area (Å²) in [5, 5.41) is 7.88. The Labute approximate surface area is 69.3 Å². The molecule has 1 aromatic rings. The van der Waals surface area contributed by atoms with E-state index in [1.165, 1.54) is 11.8 Å². The molecule has 0 bridgehead atoms. The highest BCUT2D eigenvalue weighted by molar-refractivity contribution is 7.99. The highest BCUT2D eigenvalue weighted by Crippen LogP contribution is 2.12. The van der Waals surface area contributed by atoms with Gasteiger partial charge in [0.2, 0.25) is 0 Å².